The van der Waals surface area contributed by atoms with Crippen LogP contribution in [0.5, 0.6) is 0 Å². The fraction of sp³-hybridized carbons (Fsp3) is 0.333. The third kappa shape index (κ3) is 4.15. The van der Waals surface area contributed by atoms with Gasteiger partial charge >= 0.3 is 0 Å². The second-order valence-corrected chi connectivity index (χ2v) is 7.59. The number of aliphatic hydroxyl groups is 2. The fourth-order valence-electron chi connectivity index (χ4n) is 3.87. The van der Waals surface area contributed by atoms with E-state index in [1.165, 1.54) is 4.90 Å². The number of nitrogens with zero attached hydrogens (tertiary/aromatic N) is 2. The first-order chi connectivity index (χ1) is 14.4. The predicted octanol–water partition coefficient (Wildman–Crippen LogP) is 2.45. The molecule has 0 unspecified atom stereocenters. The van der Waals surface area contributed by atoms with Crippen molar-refractivity contribution in [1.82, 2.24) is 4.90 Å². The van der Waals surface area contributed by atoms with E-state index in [0.717, 1.165) is 5.56 Å². The molecule has 0 bridgehead atoms. The minimum atomic E-state index is -1.65. The SMILES string of the molecule is C[C@@H](/C=C/CC(=O)N(CCO)Cc1ccccc1)[C@]1(O)C(=O)N(C)c2ccccc21. The van der Waals surface area contributed by atoms with Crippen molar-refractivity contribution in [3.8, 4) is 0 Å². The molecule has 0 saturated carbocycles. The molecule has 0 aliphatic carbocycles. The summed E-state index contributed by atoms with van der Waals surface area (Å²) in [6.45, 7) is 2.32. The van der Waals surface area contributed by atoms with Crippen LogP contribution in [0.4, 0.5) is 5.69 Å². The molecule has 2 atom stereocenters. The van der Waals surface area contributed by atoms with Crippen LogP contribution in [0.3, 0.4) is 0 Å². The fourth-order valence-corrected chi connectivity index (χ4v) is 3.87. The Hall–Kier alpha value is -2.96. The number of benzene rings is 2. The van der Waals surface area contributed by atoms with Gasteiger partial charge in [-0.2, -0.15) is 0 Å². The van der Waals surface area contributed by atoms with Gasteiger partial charge in [-0.05, 0) is 11.6 Å². The summed E-state index contributed by atoms with van der Waals surface area (Å²) in [6, 6.07) is 16.8. The van der Waals surface area contributed by atoms with E-state index in [2.05, 4.69) is 0 Å². The number of carbonyl (C=O) groups is 2. The smallest absolute Gasteiger partial charge is 0.264 e. The molecule has 2 N–H and O–H groups in total. The Morgan fingerprint density at radius 3 is 2.53 bits per heavy atom. The molecule has 2 aromatic rings. The first kappa shape index (κ1) is 21.7. The van der Waals surface area contributed by atoms with Crippen LogP contribution >= 0.6 is 0 Å². The van der Waals surface area contributed by atoms with Gasteiger partial charge in [-0.3, -0.25) is 9.59 Å². The van der Waals surface area contributed by atoms with E-state index in [4.69, 9.17) is 0 Å². The molecule has 2 aromatic carbocycles. The zero-order valence-electron chi connectivity index (χ0n) is 17.4. The number of rotatable bonds is 8. The van der Waals surface area contributed by atoms with Gasteiger partial charge in [0.1, 0.15) is 0 Å². The van der Waals surface area contributed by atoms with Crippen molar-refractivity contribution < 1.29 is 19.8 Å². The molecule has 6 heteroatoms. The maximum absolute atomic E-state index is 12.8. The van der Waals surface area contributed by atoms with Gasteiger partial charge in [0.05, 0.1) is 12.3 Å². The van der Waals surface area contributed by atoms with Gasteiger partial charge in [0.2, 0.25) is 5.91 Å². The summed E-state index contributed by atoms with van der Waals surface area (Å²) in [5.41, 5.74) is 0.604. The van der Waals surface area contributed by atoms with E-state index in [0.29, 0.717) is 17.8 Å². The largest absolute Gasteiger partial charge is 0.395 e. The maximum atomic E-state index is 12.8. The number of fused-ring (bicyclic) bond motifs is 1. The van der Waals surface area contributed by atoms with Crippen LogP contribution in [-0.4, -0.2) is 47.1 Å². The van der Waals surface area contributed by atoms with Crippen LogP contribution in [-0.2, 0) is 21.7 Å². The van der Waals surface area contributed by atoms with Gasteiger partial charge in [0, 0.05) is 38.0 Å². The van der Waals surface area contributed by atoms with Gasteiger partial charge in [0.25, 0.3) is 5.91 Å². The van der Waals surface area contributed by atoms with Gasteiger partial charge in [0.15, 0.2) is 5.60 Å². The first-order valence-corrected chi connectivity index (χ1v) is 10.1. The summed E-state index contributed by atoms with van der Waals surface area (Å²) in [6.07, 6.45) is 3.53. The van der Waals surface area contributed by atoms with Crippen LogP contribution in [0.15, 0.2) is 66.7 Å². The molecule has 0 spiro atoms. The number of para-hydroxylation sites is 1. The topological polar surface area (TPSA) is 81.1 Å². The minimum Gasteiger partial charge on any atom is -0.395 e. The Bertz CT molecular complexity index is 928. The highest BCUT2D eigenvalue weighted by molar-refractivity contribution is 6.06. The quantitative estimate of drug-likeness (QED) is 0.658. The van der Waals surface area contributed by atoms with E-state index >= 15 is 0 Å². The van der Waals surface area contributed by atoms with Crippen molar-refractivity contribution >= 4 is 17.5 Å². The van der Waals surface area contributed by atoms with Gasteiger partial charge in [-0.1, -0.05) is 67.6 Å². The molecule has 6 nitrogen and oxygen atoms in total. The minimum absolute atomic E-state index is 0.115. The van der Waals surface area contributed by atoms with Crippen LogP contribution < -0.4 is 4.90 Å². The van der Waals surface area contributed by atoms with Crippen molar-refractivity contribution in [2.45, 2.75) is 25.5 Å². The number of likely N-dealkylation sites (N-methyl/N-ethyl adjacent to an activating group) is 1. The van der Waals surface area contributed by atoms with E-state index in [-0.39, 0.29) is 31.4 Å². The van der Waals surface area contributed by atoms with Crippen LogP contribution in [0.25, 0.3) is 0 Å². The van der Waals surface area contributed by atoms with Gasteiger partial charge < -0.3 is 20.0 Å². The van der Waals surface area contributed by atoms with Crippen molar-refractivity contribution in [2.24, 2.45) is 5.92 Å². The number of hydrogen-bond donors (Lipinski definition) is 2. The van der Waals surface area contributed by atoms with E-state index in [1.54, 1.807) is 43.2 Å². The molecule has 0 aromatic heterocycles. The summed E-state index contributed by atoms with van der Waals surface area (Å²) in [5, 5.41) is 20.5. The third-order valence-electron chi connectivity index (χ3n) is 5.62. The molecule has 0 fully saturated rings. The summed E-state index contributed by atoms with van der Waals surface area (Å²) < 4.78 is 0. The molecule has 30 heavy (non-hydrogen) atoms. The monoisotopic (exact) mass is 408 g/mol. The standard InChI is InChI=1S/C24H28N2O4/c1-18(24(30)20-12-6-7-13-21(20)25(2)23(24)29)9-8-14-22(28)26(15-16-27)17-19-10-4-3-5-11-19/h3-13,18,27,30H,14-17H2,1-2H3/b9-8+/t18-,24+/m0/s1. The molecule has 158 valence electrons. The number of anilines is 1. The lowest BCUT2D eigenvalue weighted by Crippen LogP contribution is -2.43. The normalized spacial score (nSPS) is 19.2. The Morgan fingerprint density at radius 1 is 1.17 bits per heavy atom. The molecule has 1 aliphatic rings. The lowest BCUT2D eigenvalue weighted by Gasteiger charge is -2.27. The van der Waals surface area contributed by atoms with Crippen molar-refractivity contribution in [3.05, 3.63) is 77.9 Å². The van der Waals surface area contributed by atoms with Gasteiger partial charge in [-0.15, -0.1) is 0 Å². The molecule has 0 radical (unpaired) electrons. The van der Waals surface area contributed by atoms with E-state index in [9.17, 15) is 19.8 Å². The number of aliphatic hydroxyl groups excluding tert-OH is 1. The lowest BCUT2D eigenvalue weighted by atomic mass is 9.83. The Labute approximate surface area is 177 Å². The second kappa shape index (κ2) is 9.24. The van der Waals surface area contributed by atoms with Crippen LogP contribution in [0.2, 0.25) is 0 Å². The average molecular weight is 408 g/mol. The predicted molar refractivity (Wildman–Crippen MR) is 116 cm³/mol. The van der Waals surface area contributed by atoms with E-state index in [1.807, 2.05) is 42.5 Å². The van der Waals surface area contributed by atoms with Crippen LogP contribution in [0.1, 0.15) is 24.5 Å². The average Bonchev–Trinajstić information content (AvgIpc) is 2.96. The molecular weight excluding hydrogens is 380 g/mol. The lowest BCUT2D eigenvalue weighted by molar-refractivity contribution is -0.139. The van der Waals surface area contributed by atoms with E-state index < -0.39 is 11.5 Å². The Morgan fingerprint density at radius 2 is 1.83 bits per heavy atom. The number of amides is 2. The van der Waals surface area contributed by atoms with Crippen molar-refractivity contribution in [1.29, 1.82) is 0 Å². The Kier molecular flexibility index (Phi) is 6.70. The molecular formula is C24H28N2O4. The van der Waals surface area contributed by atoms with Crippen LogP contribution in [0, 0.1) is 5.92 Å². The third-order valence-corrected chi connectivity index (χ3v) is 5.62. The molecule has 2 amide bonds. The second-order valence-electron chi connectivity index (χ2n) is 7.59. The zero-order valence-corrected chi connectivity index (χ0v) is 17.4. The maximum Gasteiger partial charge on any atom is 0.264 e. The zero-order chi connectivity index (χ0) is 21.7. The van der Waals surface area contributed by atoms with Gasteiger partial charge in [-0.25, -0.2) is 0 Å². The molecule has 1 heterocycles. The highest BCUT2D eigenvalue weighted by Crippen LogP contribution is 2.44. The van der Waals surface area contributed by atoms with Crippen molar-refractivity contribution in [3.63, 3.8) is 0 Å². The highest BCUT2D eigenvalue weighted by Gasteiger charge is 2.51. The molecule has 1 aliphatic heterocycles. The molecule has 0 saturated heterocycles. The number of hydrogen-bond acceptors (Lipinski definition) is 4. The highest BCUT2D eigenvalue weighted by atomic mass is 16.3. The summed E-state index contributed by atoms with van der Waals surface area (Å²) in [4.78, 5) is 28.5. The summed E-state index contributed by atoms with van der Waals surface area (Å²) >= 11 is 0. The summed E-state index contributed by atoms with van der Waals surface area (Å²) in [7, 11) is 1.65. The summed E-state index contributed by atoms with van der Waals surface area (Å²) in [5.74, 6) is -1.01. The number of carbonyl (C=O) groups excluding carboxylic acids is 2. The Balaban J connectivity index is 1.69. The molecule has 3 rings (SSSR count). The first-order valence-electron chi connectivity index (χ1n) is 10.1. The van der Waals surface area contributed by atoms with Crippen molar-refractivity contribution in [2.75, 3.05) is 25.1 Å².